The molecule has 5 nitrogen and oxygen atoms in total. The van der Waals surface area contributed by atoms with Gasteiger partial charge in [0.1, 0.15) is 12.6 Å². The third kappa shape index (κ3) is 2.18. The van der Waals surface area contributed by atoms with Crippen LogP contribution in [0.1, 0.15) is 12.8 Å². The summed E-state index contributed by atoms with van der Waals surface area (Å²) in [7, 11) is -2.17. The maximum absolute atomic E-state index is 10.7. The number of rotatable bonds is 2. The molecule has 0 aliphatic carbocycles. The van der Waals surface area contributed by atoms with Crippen LogP contribution >= 0.6 is 7.82 Å². The lowest BCUT2D eigenvalue weighted by Gasteiger charge is -2.49. The zero-order chi connectivity index (χ0) is 10.4. The van der Waals surface area contributed by atoms with Gasteiger partial charge in [-0.25, -0.2) is 4.57 Å². The number of fused-ring (bicyclic) bond motifs is 3. The summed E-state index contributed by atoms with van der Waals surface area (Å²) in [5.74, 6) is 0.350. The number of phosphoric acid groups is 1. The van der Waals surface area contributed by atoms with Gasteiger partial charge in [0.05, 0.1) is 20.1 Å². The van der Waals surface area contributed by atoms with E-state index in [9.17, 15) is 4.57 Å². The van der Waals surface area contributed by atoms with Gasteiger partial charge in [-0.05, 0) is 0 Å². The second kappa shape index (κ2) is 3.29. The molecule has 2 N–H and O–H groups in total. The quantitative estimate of drug-likeness (QED) is 0.522. The van der Waals surface area contributed by atoms with Gasteiger partial charge in [0.15, 0.2) is 0 Å². The summed E-state index contributed by atoms with van der Waals surface area (Å²) in [5.41, 5.74) is 0. The van der Waals surface area contributed by atoms with Gasteiger partial charge < -0.3 is 14.3 Å². The zero-order valence-electron chi connectivity index (χ0n) is 8.30. The highest BCUT2D eigenvalue weighted by Gasteiger charge is 2.46. The largest absolute Gasteiger partial charge is 0.470 e. The Balaban J connectivity index is 2.05. The third-order valence-corrected chi connectivity index (χ3v) is 4.04. The van der Waals surface area contributed by atoms with E-state index in [4.69, 9.17) is 14.3 Å². The molecule has 6 heteroatoms. The molecular formula is C8H17NO4P+. The van der Waals surface area contributed by atoms with Crippen LogP contribution in [0.4, 0.5) is 0 Å². The van der Waals surface area contributed by atoms with Crippen molar-refractivity contribution in [1.82, 2.24) is 0 Å². The van der Waals surface area contributed by atoms with Crippen LogP contribution in [0.3, 0.4) is 0 Å². The molecule has 0 saturated carbocycles. The molecule has 14 heavy (non-hydrogen) atoms. The Labute approximate surface area is 83.5 Å². The van der Waals surface area contributed by atoms with Crippen molar-refractivity contribution in [2.24, 2.45) is 5.92 Å². The van der Waals surface area contributed by atoms with Crippen LogP contribution in [0, 0.1) is 5.92 Å². The molecule has 3 heterocycles. The fourth-order valence-electron chi connectivity index (χ4n) is 2.64. The number of nitrogens with zero attached hydrogens (tertiary/aromatic N) is 1. The molecule has 3 aliphatic heterocycles. The number of phosphoric ester groups is 1. The minimum Gasteiger partial charge on any atom is -0.324 e. The first-order valence-corrected chi connectivity index (χ1v) is 6.49. The van der Waals surface area contributed by atoms with Crippen LogP contribution in [-0.2, 0) is 9.09 Å². The molecule has 0 aromatic heterocycles. The summed E-state index contributed by atoms with van der Waals surface area (Å²) in [4.78, 5) is 17.5. The van der Waals surface area contributed by atoms with Crippen molar-refractivity contribution in [3.63, 3.8) is 0 Å². The lowest BCUT2D eigenvalue weighted by Crippen LogP contribution is -2.61. The first kappa shape index (κ1) is 10.6. The van der Waals surface area contributed by atoms with E-state index >= 15 is 0 Å². The van der Waals surface area contributed by atoms with Crippen molar-refractivity contribution in [1.29, 1.82) is 0 Å². The summed E-state index contributed by atoms with van der Waals surface area (Å²) < 4.78 is 16.5. The molecule has 3 rings (SSSR count). The van der Waals surface area contributed by atoms with E-state index in [0.717, 1.165) is 37.0 Å². The summed E-state index contributed by atoms with van der Waals surface area (Å²) in [6, 6.07) is 0. The molecule has 1 atom stereocenters. The number of likely N-dealkylation sites (N-methyl/N-ethyl adjacent to an activating group) is 1. The van der Waals surface area contributed by atoms with Crippen LogP contribution in [0.25, 0.3) is 0 Å². The van der Waals surface area contributed by atoms with Crippen molar-refractivity contribution in [3.05, 3.63) is 0 Å². The van der Waals surface area contributed by atoms with E-state index in [2.05, 4.69) is 7.05 Å². The van der Waals surface area contributed by atoms with Gasteiger partial charge in [-0.3, -0.25) is 4.52 Å². The SMILES string of the molecule is C[N+]12CCC(CC1)C(OP(=O)(O)O)C2. The Bertz CT molecular complexity index is 269. The molecule has 0 radical (unpaired) electrons. The molecule has 0 aromatic rings. The molecule has 3 fully saturated rings. The Hall–Kier alpha value is 0.0700. The minimum atomic E-state index is -4.30. The van der Waals surface area contributed by atoms with Crippen molar-refractivity contribution in [3.8, 4) is 0 Å². The van der Waals surface area contributed by atoms with Crippen LogP contribution in [0.15, 0.2) is 0 Å². The third-order valence-electron chi connectivity index (χ3n) is 3.50. The Morgan fingerprint density at radius 2 is 1.93 bits per heavy atom. The monoisotopic (exact) mass is 222 g/mol. The highest BCUT2D eigenvalue weighted by molar-refractivity contribution is 7.46. The van der Waals surface area contributed by atoms with Gasteiger partial charge in [0, 0.05) is 18.8 Å². The van der Waals surface area contributed by atoms with Crippen LogP contribution in [-0.4, -0.2) is 47.1 Å². The normalized spacial score (nSPS) is 42.8. The van der Waals surface area contributed by atoms with Gasteiger partial charge in [-0.15, -0.1) is 0 Å². The zero-order valence-corrected chi connectivity index (χ0v) is 9.19. The fourth-order valence-corrected chi connectivity index (χ4v) is 3.24. The second-order valence-corrected chi connectivity index (χ2v) is 5.91. The standard InChI is InChI=1S/C8H16NO4P/c1-9-4-2-7(3-5-9)8(6-9)13-14(10,11)12/h7-8H,2-6H2,1H3,(H-,10,11,12)/p+1. The minimum absolute atomic E-state index is 0.247. The average molecular weight is 222 g/mol. The molecule has 3 saturated heterocycles. The summed E-state index contributed by atoms with van der Waals surface area (Å²) >= 11 is 0. The van der Waals surface area contributed by atoms with Crippen LogP contribution in [0.2, 0.25) is 0 Å². The predicted octanol–water partition coefficient (Wildman–Crippen LogP) is 0.334. The van der Waals surface area contributed by atoms with Crippen molar-refractivity contribution in [2.75, 3.05) is 26.7 Å². The Morgan fingerprint density at radius 3 is 2.36 bits per heavy atom. The first-order valence-electron chi connectivity index (χ1n) is 4.95. The molecule has 0 amide bonds. The van der Waals surface area contributed by atoms with E-state index in [-0.39, 0.29) is 6.10 Å². The number of quaternary nitrogens is 1. The molecule has 2 bridgehead atoms. The van der Waals surface area contributed by atoms with Gasteiger partial charge in [0.25, 0.3) is 0 Å². The maximum Gasteiger partial charge on any atom is 0.470 e. The summed E-state index contributed by atoms with van der Waals surface area (Å²) in [5, 5.41) is 0. The van der Waals surface area contributed by atoms with Crippen LogP contribution in [0.5, 0.6) is 0 Å². The van der Waals surface area contributed by atoms with Gasteiger partial charge >= 0.3 is 7.82 Å². The van der Waals surface area contributed by atoms with E-state index < -0.39 is 7.82 Å². The van der Waals surface area contributed by atoms with E-state index in [1.165, 1.54) is 0 Å². The molecular weight excluding hydrogens is 205 g/mol. The number of hydrogen-bond acceptors (Lipinski definition) is 2. The fraction of sp³-hybridized carbons (Fsp3) is 1.00. The summed E-state index contributed by atoms with van der Waals surface area (Å²) in [6.45, 7) is 2.98. The smallest absolute Gasteiger partial charge is 0.324 e. The number of hydrogen-bond donors (Lipinski definition) is 2. The maximum atomic E-state index is 10.7. The number of piperidine rings is 3. The molecule has 3 aliphatic rings. The molecule has 1 unspecified atom stereocenters. The topological polar surface area (TPSA) is 66.8 Å². The first-order chi connectivity index (χ1) is 6.38. The lowest BCUT2D eigenvalue weighted by molar-refractivity contribution is -0.928. The van der Waals surface area contributed by atoms with Crippen molar-refractivity contribution < 1.29 is 23.4 Å². The molecule has 0 aromatic carbocycles. The van der Waals surface area contributed by atoms with E-state index in [0.29, 0.717) is 5.92 Å². The van der Waals surface area contributed by atoms with E-state index in [1.807, 2.05) is 0 Å². The van der Waals surface area contributed by atoms with Crippen molar-refractivity contribution >= 4 is 7.82 Å². The average Bonchev–Trinajstić information content (AvgIpc) is 2.00. The second-order valence-electron chi connectivity index (χ2n) is 4.72. The van der Waals surface area contributed by atoms with Crippen LogP contribution < -0.4 is 0 Å². The lowest BCUT2D eigenvalue weighted by atomic mass is 9.84. The van der Waals surface area contributed by atoms with Gasteiger partial charge in [-0.2, -0.15) is 0 Å². The van der Waals surface area contributed by atoms with E-state index in [1.54, 1.807) is 0 Å². The highest BCUT2D eigenvalue weighted by atomic mass is 31.2. The van der Waals surface area contributed by atoms with Gasteiger partial charge in [0.2, 0.25) is 0 Å². The Kier molecular flexibility index (Phi) is 2.48. The summed E-state index contributed by atoms with van der Waals surface area (Å²) in [6.07, 6.45) is 1.81. The predicted molar refractivity (Wildman–Crippen MR) is 50.4 cm³/mol. The Morgan fingerprint density at radius 1 is 1.36 bits per heavy atom. The molecule has 82 valence electrons. The molecule has 0 spiro atoms. The van der Waals surface area contributed by atoms with Gasteiger partial charge in [-0.1, -0.05) is 0 Å². The highest BCUT2D eigenvalue weighted by Crippen LogP contribution is 2.44. The van der Waals surface area contributed by atoms with Crippen molar-refractivity contribution in [2.45, 2.75) is 18.9 Å².